The molecule has 5 heteroatoms. The van der Waals surface area contributed by atoms with Crippen LogP contribution in [0.5, 0.6) is 0 Å². The van der Waals surface area contributed by atoms with Gasteiger partial charge in [0.05, 0.1) is 0 Å². The van der Waals surface area contributed by atoms with Crippen LogP contribution >= 0.6 is 11.8 Å². The fourth-order valence-corrected chi connectivity index (χ4v) is 24.2. The first kappa shape index (κ1) is 32.2. The van der Waals surface area contributed by atoms with Crippen LogP contribution in [-0.2, 0) is 14.1 Å². The monoisotopic (exact) mass is 604 g/mol. The topological polar surface area (TPSA) is 9.86 Å². The van der Waals surface area contributed by atoms with Crippen molar-refractivity contribution in [3.63, 3.8) is 0 Å². The van der Waals surface area contributed by atoms with E-state index in [-0.39, 0.29) is 0 Å². The van der Waals surface area contributed by atoms with Gasteiger partial charge in [0.25, 0.3) is 0 Å². The van der Waals surface area contributed by atoms with Crippen molar-refractivity contribution in [1.82, 2.24) is 9.13 Å². The van der Waals surface area contributed by atoms with Gasteiger partial charge in [0, 0.05) is 56.3 Å². The molecule has 41 heavy (non-hydrogen) atoms. The normalized spacial score (nSPS) is 13.6. The van der Waals surface area contributed by atoms with Crippen LogP contribution in [0, 0.1) is 0 Å². The quantitative estimate of drug-likeness (QED) is 0.164. The van der Waals surface area contributed by atoms with Gasteiger partial charge in [-0.2, -0.15) is 0 Å². The number of benzene rings is 2. The predicted molar refractivity (Wildman–Crippen MR) is 191 cm³/mol. The summed E-state index contributed by atoms with van der Waals surface area (Å²) in [6.07, 6.45) is 0. The molecule has 2 aromatic heterocycles. The van der Waals surface area contributed by atoms with Crippen LogP contribution in [0.1, 0.15) is 83.1 Å². The molecule has 0 fully saturated rings. The van der Waals surface area contributed by atoms with Crippen molar-refractivity contribution in [2.45, 2.75) is 126 Å². The Hall–Kier alpha value is -1.70. The van der Waals surface area contributed by atoms with E-state index in [2.05, 4.69) is 155 Å². The van der Waals surface area contributed by atoms with Gasteiger partial charge in [-0.05, 0) is 81.8 Å². The Morgan fingerprint density at radius 3 is 1.02 bits per heavy atom. The predicted octanol–water partition coefficient (Wildman–Crippen LogP) is 10.6. The number of rotatable bonds is 10. The minimum atomic E-state index is -1.74. The lowest BCUT2D eigenvalue weighted by atomic mass is 10.2. The molecule has 0 bridgehead atoms. The molecule has 4 rings (SSSR count). The molecule has 0 amide bonds. The summed E-state index contributed by atoms with van der Waals surface area (Å²) in [5.74, 6) is 0. The molecule has 0 aliphatic rings. The van der Waals surface area contributed by atoms with Crippen LogP contribution in [0.3, 0.4) is 0 Å². The van der Waals surface area contributed by atoms with Gasteiger partial charge in [-0.15, -0.1) is 0 Å². The van der Waals surface area contributed by atoms with Crippen molar-refractivity contribution < 1.29 is 0 Å². The Bertz CT molecular complexity index is 1360. The first-order valence-electron chi connectivity index (χ1n) is 16.0. The summed E-state index contributed by atoms with van der Waals surface area (Å²) >= 11 is 1.90. The second kappa shape index (κ2) is 11.8. The first-order chi connectivity index (χ1) is 19.1. The van der Waals surface area contributed by atoms with E-state index in [0.717, 1.165) is 0 Å². The molecule has 2 heterocycles. The number of aromatic nitrogens is 2. The Kier molecular flexibility index (Phi) is 9.25. The molecule has 224 valence electrons. The summed E-state index contributed by atoms with van der Waals surface area (Å²) in [4.78, 5) is 2.65. The maximum Gasteiger partial charge on any atom is 0.115 e. The highest BCUT2D eigenvalue weighted by molar-refractivity contribution is 7.99. The van der Waals surface area contributed by atoms with Crippen molar-refractivity contribution in [2.24, 2.45) is 14.1 Å². The molecule has 0 aliphatic heterocycles. The van der Waals surface area contributed by atoms with Crippen LogP contribution in [0.15, 0.2) is 58.3 Å². The van der Waals surface area contributed by atoms with Crippen molar-refractivity contribution in [1.29, 1.82) is 0 Å². The van der Waals surface area contributed by atoms with Crippen LogP contribution < -0.4 is 10.6 Å². The molecule has 2 nitrogen and oxygen atoms in total. The number of hydrogen-bond acceptors (Lipinski definition) is 1. The van der Waals surface area contributed by atoms with E-state index in [4.69, 9.17) is 0 Å². The third kappa shape index (κ3) is 5.02. The zero-order valence-corrected chi connectivity index (χ0v) is 31.2. The molecule has 0 atom stereocenters. The average Bonchev–Trinajstić information content (AvgIpc) is 3.35. The van der Waals surface area contributed by atoms with E-state index in [9.17, 15) is 0 Å². The van der Waals surface area contributed by atoms with Gasteiger partial charge in [-0.1, -0.05) is 94.8 Å². The highest BCUT2D eigenvalue weighted by atomic mass is 32.2. The van der Waals surface area contributed by atoms with Gasteiger partial charge in [0.1, 0.15) is 16.1 Å². The number of nitrogens with zero attached hydrogens (tertiary/aromatic N) is 2. The highest BCUT2D eigenvalue weighted by Crippen LogP contribution is 2.44. The summed E-state index contributed by atoms with van der Waals surface area (Å²) in [7, 11) is 1.12. The van der Waals surface area contributed by atoms with E-state index < -0.39 is 16.1 Å². The lowest BCUT2D eigenvalue weighted by molar-refractivity contribution is 0.819. The zero-order chi connectivity index (χ0) is 30.6. The van der Waals surface area contributed by atoms with E-state index in [1.54, 1.807) is 10.6 Å². The number of fused-ring (bicyclic) bond motifs is 2. The standard InChI is InChI=1S/C36H56N2SSi2/c1-23(2)40(24(3)4,25(5)6)35-21-29-19-31(15-17-33(29)37(35)13)39-32-16-18-34-30(20-32)22-36(38(34)14)41(26(7)8,27(9)10)28(11)12/h15-28H,1-14H3. The summed E-state index contributed by atoms with van der Waals surface area (Å²) in [6, 6.07) is 19.3. The van der Waals surface area contributed by atoms with E-state index >= 15 is 0 Å². The molecule has 0 spiro atoms. The third-order valence-corrected chi connectivity index (χ3v) is 26.1. The maximum absolute atomic E-state index is 2.55. The van der Waals surface area contributed by atoms with Crippen molar-refractivity contribution in [3.8, 4) is 0 Å². The van der Waals surface area contributed by atoms with E-state index in [1.807, 2.05) is 11.8 Å². The Balaban J connectivity index is 1.76. The molecule has 0 saturated heterocycles. The lowest BCUT2D eigenvalue weighted by Crippen LogP contribution is -2.57. The SMILES string of the molecule is CC(C)[Si](c1cc2cc(Sc3ccc4c(c3)cc([Si](C(C)C)(C(C)C)C(C)C)n4C)ccc2n1C)(C(C)C)C(C)C. The van der Waals surface area contributed by atoms with Gasteiger partial charge in [-0.25, -0.2) is 0 Å². The minimum Gasteiger partial charge on any atom is -0.352 e. The third-order valence-electron chi connectivity index (χ3n) is 10.9. The van der Waals surface area contributed by atoms with Gasteiger partial charge >= 0.3 is 0 Å². The summed E-state index contributed by atoms with van der Waals surface area (Å²) < 4.78 is 5.06. The fourth-order valence-electron chi connectivity index (χ4n) is 9.52. The zero-order valence-electron chi connectivity index (χ0n) is 28.4. The lowest BCUT2D eigenvalue weighted by Gasteiger charge is -2.43. The molecular formula is C36H56N2SSi2. The summed E-state index contributed by atoms with van der Waals surface area (Å²) in [5, 5.41) is 5.99. The van der Waals surface area contributed by atoms with Gasteiger partial charge in [0.15, 0.2) is 0 Å². The first-order valence-corrected chi connectivity index (χ1v) is 21.3. The van der Waals surface area contributed by atoms with Crippen molar-refractivity contribution in [2.75, 3.05) is 0 Å². The maximum atomic E-state index is 2.55. The Morgan fingerprint density at radius 2 is 0.756 bits per heavy atom. The largest absolute Gasteiger partial charge is 0.352 e. The molecule has 2 aromatic carbocycles. The molecular weight excluding hydrogens is 549 g/mol. The van der Waals surface area contributed by atoms with Crippen molar-refractivity contribution in [3.05, 3.63) is 48.5 Å². The van der Waals surface area contributed by atoms with Crippen LogP contribution in [0.4, 0.5) is 0 Å². The van der Waals surface area contributed by atoms with Crippen LogP contribution in [-0.4, -0.2) is 25.3 Å². The number of aryl methyl sites for hydroxylation is 2. The van der Waals surface area contributed by atoms with Gasteiger partial charge in [0.2, 0.25) is 0 Å². The van der Waals surface area contributed by atoms with E-state index in [1.165, 1.54) is 31.6 Å². The van der Waals surface area contributed by atoms with Crippen LogP contribution in [0.2, 0.25) is 33.2 Å². The Labute approximate surface area is 257 Å². The van der Waals surface area contributed by atoms with Gasteiger partial charge in [-0.3, -0.25) is 0 Å². The average molecular weight is 605 g/mol. The fraction of sp³-hybridized carbons (Fsp3) is 0.556. The summed E-state index contributed by atoms with van der Waals surface area (Å²) in [5.41, 5.74) is 6.93. The highest BCUT2D eigenvalue weighted by Gasteiger charge is 2.47. The second-order valence-corrected chi connectivity index (χ2v) is 27.3. The molecule has 4 aromatic rings. The molecule has 0 radical (unpaired) electrons. The number of hydrogen-bond donors (Lipinski definition) is 0. The summed E-state index contributed by atoms with van der Waals surface area (Å²) in [6.45, 7) is 29.6. The van der Waals surface area contributed by atoms with Gasteiger partial charge < -0.3 is 9.13 Å². The van der Waals surface area contributed by atoms with Crippen LogP contribution in [0.25, 0.3) is 21.8 Å². The smallest absolute Gasteiger partial charge is 0.115 e. The Morgan fingerprint density at radius 1 is 0.463 bits per heavy atom. The van der Waals surface area contributed by atoms with E-state index in [0.29, 0.717) is 33.2 Å². The van der Waals surface area contributed by atoms with Crippen molar-refractivity contribution >= 4 is 60.3 Å². The molecule has 0 aliphatic carbocycles. The molecule has 0 unspecified atom stereocenters. The minimum absolute atomic E-state index is 0.700. The molecule has 0 saturated carbocycles. The molecule has 0 N–H and O–H groups in total. The second-order valence-electron chi connectivity index (χ2n) is 14.5.